The van der Waals surface area contributed by atoms with Gasteiger partial charge in [0.25, 0.3) is 0 Å². The number of aromatic hydroxyl groups is 1. The Labute approximate surface area is 130 Å². The fraction of sp³-hybridized carbons (Fsp3) is 0.211. The third kappa shape index (κ3) is 2.62. The fourth-order valence-electron chi connectivity index (χ4n) is 2.61. The average Bonchev–Trinajstić information content (AvgIpc) is 2.86. The Morgan fingerprint density at radius 1 is 0.955 bits per heavy atom. The summed E-state index contributed by atoms with van der Waals surface area (Å²) in [7, 11) is 0. The molecule has 1 aromatic heterocycles. The zero-order valence-corrected chi connectivity index (χ0v) is 13.0. The van der Waals surface area contributed by atoms with Crippen molar-refractivity contribution in [3.63, 3.8) is 0 Å². The van der Waals surface area contributed by atoms with E-state index in [1.54, 1.807) is 0 Å². The molecule has 0 radical (unpaired) electrons. The van der Waals surface area contributed by atoms with E-state index < -0.39 is 0 Å². The second-order valence-electron chi connectivity index (χ2n) is 5.50. The van der Waals surface area contributed by atoms with Crippen LogP contribution in [-0.4, -0.2) is 14.9 Å². The number of hydrogen-bond donors (Lipinski definition) is 1. The standard InChI is InChI=1S/C19H20N2O/c1-3-13-21-18(16-7-5-4-6-8-16)19(22)17(20-21)15-11-9-14(2)10-12-15/h4-12,22H,3,13H2,1-2H3. The molecule has 0 aliphatic rings. The van der Waals surface area contributed by atoms with E-state index in [9.17, 15) is 5.11 Å². The Balaban J connectivity index is 2.15. The molecule has 1 N–H and O–H groups in total. The Kier molecular flexibility index (Phi) is 3.96. The number of nitrogens with zero attached hydrogens (tertiary/aromatic N) is 2. The van der Waals surface area contributed by atoms with Gasteiger partial charge >= 0.3 is 0 Å². The molecule has 0 aliphatic carbocycles. The van der Waals surface area contributed by atoms with Crippen LogP contribution in [0.2, 0.25) is 0 Å². The lowest BCUT2D eigenvalue weighted by Crippen LogP contribution is -2.01. The molecular formula is C19H20N2O. The predicted octanol–water partition coefficient (Wildman–Crippen LogP) is 4.64. The van der Waals surface area contributed by atoms with Crippen molar-refractivity contribution < 1.29 is 5.11 Å². The van der Waals surface area contributed by atoms with Crippen molar-refractivity contribution >= 4 is 0 Å². The summed E-state index contributed by atoms with van der Waals surface area (Å²) in [5, 5.41) is 15.4. The number of hydrogen-bond acceptors (Lipinski definition) is 2. The van der Waals surface area contributed by atoms with Crippen molar-refractivity contribution in [2.24, 2.45) is 0 Å². The molecule has 0 atom stereocenters. The molecule has 0 fully saturated rings. The maximum Gasteiger partial charge on any atom is 0.169 e. The zero-order valence-electron chi connectivity index (χ0n) is 13.0. The maximum absolute atomic E-state index is 10.7. The Hall–Kier alpha value is -2.55. The molecule has 3 heteroatoms. The molecule has 2 aromatic carbocycles. The molecule has 0 saturated carbocycles. The van der Waals surface area contributed by atoms with Crippen LogP contribution in [0.5, 0.6) is 5.75 Å². The normalized spacial score (nSPS) is 10.8. The van der Waals surface area contributed by atoms with Crippen molar-refractivity contribution in [2.45, 2.75) is 26.8 Å². The summed E-state index contributed by atoms with van der Waals surface area (Å²) in [6, 6.07) is 18.0. The average molecular weight is 292 g/mol. The zero-order chi connectivity index (χ0) is 15.5. The van der Waals surface area contributed by atoms with Gasteiger partial charge in [-0.05, 0) is 13.3 Å². The second-order valence-corrected chi connectivity index (χ2v) is 5.50. The molecule has 112 valence electrons. The third-order valence-electron chi connectivity index (χ3n) is 3.74. The van der Waals surface area contributed by atoms with Gasteiger partial charge < -0.3 is 5.11 Å². The van der Waals surface area contributed by atoms with E-state index in [0.29, 0.717) is 5.69 Å². The molecular weight excluding hydrogens is 272 g/mol. The van der Waals surface area contributed by atoms with Gasteiger partial charge in [0.05, 0.1) is 0 Å². The molecule has 0 unspecified atom stereocenters. The monoisotopic (exact) mass is 292 g/mol. The van der Waals surface area contributed by atoms with E-state index in [4.69, 9.17) is 0 Å². The molecule has 1 heterocycles. The van der Waals surface area contributed by atoms with Crippen LogP contribution >= 0.6 is 0 Å². The van der Waals surface area contributed by atoms with Crippen LogP contribution in [0.25, 0.3) is 22.5 Å². The first-order valence-electron chi connectivity index (χ1n) is 7.63. The molecule has 0 bridgehead atoms. The Morgan fingerprint density at radius 2 is 1.64 bits per heavy atom. The molecule has 0 amide bonds. The largest absolute Gasteiger partial charge is 0.504 e. The van der Waals surface area contributed by atoms with Crippen LogP contribution < -0.4 is 0 Å². The lowest BCUT2D eigenvalue weighted by Gasteiger charge is -2.06. The summed E-state index contributed by atoms with van der Waals surface area (Å²) in [6.07, 6.45) is 0.967. The second kappa shape index (κ2) is 6.06. The van der Waals surface area contributed by atoms with Gasteiger partial charge in [-0.3, -0.25) is 4.68 Å². The molecule has 3 rings (SSSR count). The van der Waals surface area contributed by atoms with Crippen molar-refractivity contribution in [1.82, 2.24) is 9.78 Å². The van der Waals surface area contributed by atoms with E-state index in [1.165, 1.54) is 5.56 Å². The van der Waals surface area contributed by atoms with Gasteiger partial charge in [-0.25, -0.2) is 0 Å². The van der Waals surface area contributed by atoms with Crippen LogP contribution in [0.1, 0.15) is 18.9 Å². The topological polar surface area (TPSA) is 38.0 Å². The highest BCUT2D eigenvalue weighted by molar-refractivity contribution is 5.78. The van der Waals surface area contributed by atoms with Gasteiger partial charge in [0.1, 0.15) is 11.4 Å². The Morgan fingerprint density at radius 3 is 2.27 bits per heavy atom. The van der Waals surface area contributed by atoms with Crippen molar-refractivity contribution in [3.8, 4) is 28.3 Å². The molecule has 0 saturated heterocycles. The van der Waals surface area contributed by atoms with Crippen LogP contribution in [0.4, 0.5) is 0 Å². The molecule has 0 spiro atoms. The van der Waals surface area contributed by atoms with Crippen molar-refractivity contribution in [1.29, 1.82) is 0 Å². The SMILES string of the molecule is CCCn1nc(-c2ccc(C)cc2)c(O)c1-c1ccccc1. The number of aryl methyl sites for hydroxylation is 2. The first-order valence-corrected chi connectivity index (χ1v) is 7.63. The summed E-state index contributed by atoms with van der Waals surface area (Å²) in [6.45, 7) is 4.94. The van der Waals surface area contributed by atoms with Gasteiger partial charge in [0, 0.05) is 17.7 Å². The molecule has 22 heavy (non-hydrogen) atoms. The van der Waals surface area contributed by atoms with Crippen molar-refractivity contribution in [2.75, 3.05) is 0 Å². The van der Waals surface area contributed by atoms with Gasteiger partial charge in [0.2, 0.25) is 0 Å². The summed E-state index contributed by atoms with van der Waals surface area (Å²) in [5.74, 6) is 0.253. The van der Waals surface area contributed by atoms with Crippen molar-refractivity contribution in [3.05, 3.63) is 60.2 Å². The highest BCUT2D eigenvalue weighted by Crippen LogP contribution is 2.38. The minimum Gasteiger partial charge on any atom is -0.504 e. The highest BCUT2D eigenvalue weighted by atomic mass is 16.3. The lowest BCUT2D eigenvalue weighted by atomic mass is 10.1. The number of benzene rings is 2. The maximum atomic E-state index is 10.7. The van der Waals surface area contributed by atoms with E-state index in [-0.39, 0.29) is 5.75 Å². The summed E-state index contributed by atoms with van der Waals surface area (Å²) >= 11 is 0. The molecule has 3 nitrogen and oxygen atoms in total. The first kappa shape index (κ1) is 14.4. The van der Waals surface area contributed by atoms with Gasteiger partial charge in [0.15, 0.2) is 5.75 Å². The highest BCUT2D eigenvalue weighted by Gasteiger charge is 2.19. The van der Waals surface area contributed by atoms with E-state index in [0.717, 1.165) is 29.8 Å². The Bertz CT molecular complexity index is 758. The minimum absolute atomic E-state index is 0.253. The van der Waals surface area contributed by atoms with Crippen LogP contribution in [0.3, 0.4) is 0 Å². The van der Waals surface area contributed by atoms with Gasteiger partial charge in [-0.2, -0.15) is 5.10 Å². The molecule has 0 aliphatic heterocycles. The predicted molar refractivity (Wildman–Crippen MR) is 89.8 cm³/mol. The third-order valence-corrected chi connectivity index (χ3v) is 3.74. The van der Waals surface area contributed by atoms with E-state index in [2.05, 4.69) is 18.9 Å². The van der Waals surface area contributed by atoms with Crippen LogP contribution in [0, 0.1) is 6.92 Å². The smallest absolute Gasteiger partial charge is 0.169 e. The van der Waals surface area contributed by atoms with E-state index in [1.807, 2.05) is 59.3 Å². The van der Waals surface area contributed by atoms with Gasteiger partial charge in [-0.15, -0.1) is 0 Å². The van der Waals surface area contributed by atoms with Gasteiger partial charge in [-0.1, -0.05) is 67.1 Å². The number of rotatable bonds is 4. The minimum atomic E-state index is 0.253. The lowest BCUT2D eigenvalue weighted by molar-refractivity contribution is 0.477. The number of aromatic nitrogens is 2. The summed E-state index contributed by atoms with van der Waals surface area (Å²) in [5.41, 5.74) is 4.55. The summed E-state index contributed by atoms with van der Waals surface area (Å²) < 4.78 is 1.90. The quantitative estimate of drug-likeness (QED) is 0.760. The molecule has 3 aromatic rings. The fourth-order valence-corrected chi connectivity index (χ4v) is 2.61. The summed E-state index contributed by atoms with van der Waals surface area (Å²) in [4.78, 5) is 0. The first-order chi connectivity index (χ1) is 10.7. The van der Waals surface area contributed by atoms with Crippen LogP contribution in [0.15, 0.2) is 54.6 Å². The van der Waals surface area contributed by atoms with Crippen LogP contribution in [-0.2, 0) is 6.54 Å². The van der Waals surface area contributed by atoms with E-state index >= 15 is 0 Å².